The molecule has 0 spiro atoms. The first kappa shape index (κ1) is 19.4. The average molecular weight is 428 g/mol. The minimum Gasteiger partial charge on any atom is -0.454 e. The molecule has 2 aromatic rings. The van der Waals surface area contributed by atoms with Crippen molar-refractivity contribution in [2.75, 3.05) is 18.7 Å². The molecule has 2 N–H and O–H groups in total. The molecule has 0 bridgehead atoms. The van der Waals surface area contributed by atoms with Gasteiger partial charge in [0, 0.05) is 17.0 Å². The van der Waals surface area contributed by atoms with Crippen LogP contribution in [0.3, 0.4) is 0 Å². The zero-order chi connectivity index (χ0) is 20.5. The molecule has 1 atom stereocenters. The summed E-state index contributed by atoms with van der Waals surface area (Å²) in [6.45, 7) is 0.937. The van der Waals surface area contributed by atoms with Crippen molar-refractivity contribution in [3.8, 4) is 11.5 Å². The molecule has 1 unspecified atom stereocenters. The number of anilines is 1. The van der Waals surface area contributed by atoms with E-state index in [0.717, 1.165) is 30.0 Å². The standard InChI is InChI=1S/C22H25N3O4S/c26-20(14-6-8-16-17(10-14)29-12-28-16)25-22-24-19-15(7-9-18(19)30-22)21(27)23-11-13-4-2-1-3-5-13/h6,8,10,13,15H,1-5,7,9,11-12H2,(H,23,27)(H,24,25,26). The molecule has 158 valence electrons. The highest BCUT2D eigenvalue weighted by molar-refractivity contribution is 7.16. The maximum absolute atomic E-state index is 12.8. The summed E-state index contributed by atoms with van der Waals surface area (Å²) < 4.78 is 10.6. The maximum atomic E-state index is 12.8. The molecule has 5 rings (SSSR count). The number of nitrogens with zero attached hydrogens (tertiary/aromatic N) is 1. The summed E-state index contributed by atoms with van der Waals surface area (Å²) in [5.41, 5.74) is 1.30. The molecule has 1 fully saturated rings. The highest BCUT2D eigenvalue weighted by Gasteiger charge is 2.33. The van der Waals surface area contributed by atoms with Crippen molar-refractivity contribution in [2.24, 2.45) is 5.92 Å². The molecule has 1 aromatic heterocycles. The molecule has 7 nitrogen and oxygen atoms in total. The summed E-state index contributed by atoms with van der Waals surface area (Å²) in [5.74, 6) is 1.42. The van der Waals surface area contributed by atoms with Gasteiger partial charge < -0.3 is 14.8 Å². The largest absolute Gasteiger partial charge is 0.454 e. The molecular formula is C22H25N3O4S. The van der Waals surface area contributed by atoms with Crippen LogP contribution in [-0.2, 0) is 11.2 Å². The van der Waals surface area contributed by atoms with Crippen LogP contribution in [0.1, 0.15) is 65.4 Å². The first-order valence-electron chi connectivity index (χ1n) is 10.7. The van der Waals surface area contributed by atoms with Crippen LogP contribution in [0.15, 0.2) is 18.2 Å². The van der Waals surface area contributed by atoms with E-state index in [9.17, 15) is 9.59 Å². The Morgan fingerprint density at radius 1 is 1.10 bits per heavy atom. The zero-order valence-electron chi connectivity index (χ0n) is 16.7. The second kappa shape index (κ2) is 8.26. The van der Waals surface area contributed by atoms with E-state index in [0.29, 0.717) is 28.1 Å². The number of hydrogen-bond donors (Lipinski definition) is 2. The molecule has 0 saturated heterocycles. The second-order valence-corrected chi connectivity index (χ2v) is 9.27. The second-order valence-electron chi connectivity index (χ2n) is 8.19. The van der Waals surface area contributed by atoms with Crippen LogP contribution in [0.5, 0.6) is 11.5 Å². The first-order chi connectivity index (χ1) is 14.7. The van der Waals surface area contributed by atoms with Crippen LogP contribution in [0.4, 0.5) is 5.13 Å². The van der Waals surface area contributed by atoms with E-state index < -0.39 is 0 Å². The van der Waals surface area contributed by atoms with Crippen molar-refractivity contribution in [3.05, 3.63) is 34.3 Å². The molecule has 2 aliphatic carbocycles. The van der Waals surface area contributed by atoms with Gasteiger partial charge in [0.1, 0.15) is 0 Å². The summed E-state index contributed by atoms with van der Waals surface area (Å²) in [6.07, 6.45) is 7.90. The van der Waals surface area contributed by atoms with Gasteiger partial charge in [-0.1, -0.05) is 19.3 Å². The van der Waals surface area contributed by atoms with Gasteiger partial charge in [-0.25, -0.2) is 4.98 Å². The van der Waals surface area contributed by atoms with Crippen LogP contribution in [-0.4, -0.2) is 30.1 Å². The highest BCUT2D eigenvalue weighted by atomic mass is 32.1. The minimum absolute atomic E-state index is 0.0678. The van der Waals surface area contributed by atoms with Gasteiger partial charge >= 0.3 is 0 Å². The van der Waals surface area contributed by atoms with Crippen molar-refractivity contribution in [3.63, 3.8) is 0 Å². The fourth-order valence-electron chi connectivity index (χ4n) is 4.50. The molecule has 0 radical (unpaired) electrons. The molecule has 1 saturated carbocycles. The Kier molecular flexibility index (Phi) is 5.33. The summed E-state index contributed by atoms with van der Waals surface area (Å²) in [4.78, 5) is 31.1. The molecule has 8 heteroatoms. The van der Waals surface area contributed by atoms with Crippen molar-refractivity contribution < 1.29 is 19.1 Å². The predicted molar refractivity (Wildman–Crippen MR) is 113 cm³/mol. The van der Waals surface area contributed by atoms with Crippen LogP contribution < -0.4 is 20.1 Å². The number of amides is 2. The molecule has 1 aromatic carbocycles. The quantitative estimate of drug-likeness (QED) is 0.757. The van der Waals surface area contributed by atoms with Crippen LogP contribution in [0.25, 0.3) is 0 Å². The van der Waals surface area contributed by atoms with Gasteiger partial charge in [-0.2, -0.15) is 0 Å². The number of fused-ring (bicyclic) bond motifs is 2. The van der Waals surface area contributed by atoms with Crippen molar-refractivity contribution >= 4 is 28.3 Å². The molecule has 1 aliphatic heterocycles. The van der Waals surface area contributed by atoms with Gasteiger partial charge in [0.2, 0.25) is 12.7 Å². The Morgan fingerprint density at radius 3 is 2.80 bits per heavy atom. The highest BCUT2D eigenvalue weighted by Crippen LogP contribution is 2.39. The van der Waals surface area contributed by atoms with Gasteiger partial charge in [0.15, 0.2) is 16.6 Å². The van der Waals surface area contributed by atoms with E-state index in [1.807, 2.05) is 0 Å². The Balaban J connectivity index is 1.22. The van der Waals surface area contributed by atoms with Gasteiger partial charge in [-0.3, -0.25) is 14.9 Å². The number of benzene rings is 1. The topological polar surface area (TPSA) is 89.6 Å². The summed E-state index contributed by atoms with van der Waals surface area (Å²) in [6, 6.07) is 5.10. The third kappa shape index (κ3) is 3.88. The molecule has 30 heavy (non-hydrogen) atoms. The van der Waals surface area contributed by atoms with E-state index in [1.165, 1.54) is 43.4 Å². The van der Waals surface area contributed by atoms with Crippen LogP contribution in [0.2, 0.25) is 0 Å². The SMILES string of the molecule is O=C(Nc1nc2c(s1)CCC2C(=O)NCC1CCCCC1)c1ccc2c(c1)OCO2. The van der Waals surface area contributed by atoms with Crippen molar-refractivity contribution in [2.45, 2.75) is 50.9 Å². The van der Waals surface area contributed by atoms with Crippen LogP contribution >= 0.6 is 11.3 Å². The number of nitrogens with one attached hydrogen (secondary N) is 2. The molecular weight excluding hydrogens is 402 g/mol. The average Bonchev–Trinajstić information content (AvgIpc) is 3.47. The Hall–Kier alpha value is -2.61. The number of carbonyl (C=O) groups is 2. The fourth-order valence-corrected chi connectivity index (χ4v) is 5.54. The molecule has 2 amide bonds. The van der Waals surface area contributed by atoms with Gasteiger partial charge in [0.05, 0.1) is 11.6 Å². The third-order valence-corrected chi connectivity index (χ3v) is 7.23. The van der Waals surface area contributed by atoms with Crippen LogP contribution in [0, 0.1) is 5.92 Å². The van der Waals surface area contributed by atoms with E-state index in [1.54, 1.807) is 18.2 Å². The van der Waals surface area contributed by atoms with E-state index >= 15 is 0 Å². The van der Waals surface area contributed by atoms with Crippen molar-refractivity contribution in [1.29, 1.82) is 0 Å². The van der Waals surface area contributed by atoms with Gasteiger partial charge in [0.25, 0.3) is 5.91 Å². The van der Waals surface area contributed by atoms with Gasteiger partial charge in [-0.05, 0) is 49.8 Å². The molecule has 3 aliphatic rings. The van der Waals surface area contributed by atoms with E-state index in [4.69, 9.17) is 9.47 Å². The number of rotatable bonds is 5. The lowest BCUT2D eigenvalue weighted by molar-refractivity contribution is -0.122. The minimum atomic E-state index is -0.251. The summed E-state index contributed by atoms with van der Waals surface area (Å²) in [5, 5.41) is 6.54. The number of hydrogen-bond acceptors (Lipinski definition) is 6. The third-order valence-electron chi connectivity index (χ3n) is 6.18. The van der Waals surface area contributed by atoms with Crippen molar-refractivity contribution in [1.82, 2.24) is 10.3 Å². The number of aromatic nitrogens is 1. The summed E-state index contributed by atoms with van der Waals surface area (Å²) >= 11 is 1.46. The lowest BCUT2D eigenvalue weighted by Crippen LogP contribution is -2.33. The lowest BCUT2D eigenvalue weighted by Gasteiger charge is -2.22. The summed E-state index contributed by atoms with van der Waals surface area (Å²) in [7, 11) is 0. The van der Waals surface area contributed by atoms with E-state index in [2.05, 4.69) is 15.6 Å². The smallest absolute Gasteiger partial charge is 0.257 e. The predicted octanol–water partition coefficient (Wildman–Crippen LogP) is 3.85. The molecule has 2 heterocycles. The number of ether oxygens (including phenoxy) is 2. The monoisotopic (exact) mass is 427 g/mol. The zero-order valence-corrected chi connectivity index (χ0v) is 17.6. The lowest BCUT2D eigenvalue weighted by atomic mass is 9.89. The van der Waals surface area contributed by atoms with E-state index in [-0.39, 0.29) is 24.5 Å². The number of aryl methyl sites for hydroxylation is 1. The Morgan fingerprint density at radius 2 is 1.93 bits per heavy atom. The Labute approximate surface area is 179 Å². The number of carbonyl (C=O) groups excluding carboxylic acids is 2. The fraction of sp³-hybridized carbons (Fsp3) is 0.500. The maximum Gasteiger partial charge on any atom is 0.257 e. The Bertz CT molecular complexity index is 967. The normalized spacial score (nSPS) is 20.1. The van der Waals surface area contributed by atoms with Gasteiger partial charge in [-0.15, -0.1) is 11.3 Å². The first-order valence-corrected chi connectivity index (χ1v) is 11.5. The number of thiazole rings is 1.